The second-order valence-electron chi connectivity index (χ2n) is 7.26. The molecule has 0 aliphatic carbocycles. The number of para-hydroxylation sites is 2. The van der Waals surface area contributed by atoms with Gasteiger partial charge in [-0.25, -0.2) is 15.0 Å². The Morgan fingerprint density at radius 2 is 1.87 bits per heavy atom. The number of carbonyl (C=O) groups excluding carboxylic acids is 1. The van der Waals surface area contributed by atoms with Gasteiger partial charge in [0.15, 0.2) is 11.6 Å². The molecule has 0 spiro atoms. The van der Waals surface area contributed by atoms with Crippen molar-refractivity contribution in [1.82, 2.24) is 19.5 Å². The molecule has 0 atom stereocenters. The lowest BCUT2D eigenvalue weighted by Crippen LogP contribution is -2.25. The van der Waals surface area contributed by atoms with Crippen molar-refractivity contribution in [1.29, 1.82) is 0 Å². The fourth-order valence-corrected chi connectivity index (χ4v) is 4.42. The number of hydrogen-bond acceptors (Lipinski definition) is 7. The number of rotatable bonds is 5. The van der Waals surface area contributed by atoms with Crippen molar-refractivity contribution < 1.29 is 4.79 Å². The molecule has 4 heterocycles. The molecule has 0 unspecified atom stereocenters. The Hall–Kier alpha value is -3.33. The summed E-state index contributed by atoms with van der Waals surface area (Å²) in [5.41, 5.74) is 1.41. The van der Waals surface area contributed by atoms with Gasteiger partial charge in [-0.15, -0.1) is 11.3 Å². The fraction of sp³-hybridized carbons (Fsp3) is 0.286. The second-order valence-corrected chi connectivity index (χ2v) is 8.15. The summed E-state index contributed by atoms with van der Waals surface area (Å²) < 4.78 is 1.47. The highest BCUT2D eigenvalue weighted by molar-refractivity contribution is 7.16. The number of carbonyl (C=O) groups is 1. The molecule has 1 fully saturated rings. The first kappa shape index (κ1) is 18.7. The molecule has 9 heteroatoms. The summed E-state index contributed by atoms with van der Waals surface area (Å²) in [4.78, 5) is 41.7. The average Bonchev–Trinajstić information content (AvgIpc) is 3.45. The molecule has 30 heavy (non-hydrogen) atoms. The van der Waals surface area contributed by atoms with Crippen molar-refractivity contribution in [2.75, 3.05) is 23.3 Å². The summed E-state index contributed by atoms with van der Waals surface area (Å²) in [6.45, 7) is 2.05. The summed E-state index contributed by atoms with van der Waals surface area (Å²) >= 11 is 1.43. The molecular formula is C21H20N6O2S. The third kappa shape index (κ3) is 3.52. The van der Waals surface area contributed by atoms with Crippen LogP contribution in [0.15, 0.2) is 46.8 Å². The lowest BCUT2D eigenvalue weighted by atomic mass is 10.3. The lowest BCUT2D eigenvalue weighted by molar-refractivity contribution is -0.116. The van der Waals surface area contributed by atoms with Crippen LogP contribution in [0.4, 0.5) is 11.6 Å². The zero-order chi connectivity index (χ0) is 20.5. The Balaban J connectivity index is 1.37. The Bertz CT molecular complexity index is 1290. The van der Waals surface area contributed by atoms with E-state index in [0.29, 0.717) is 21.9 Å². The van der Waals surface area contributed by atoms with Crippen LogP contribution in [0, 0.1) is 0 Å². The predicted octanol–water partition coefficient (Wildman–Crippen LogP) is 3.03. The van der Waals surface area contributed by atoms with Gasteiger partial charge in [0.1, 0.15) is 4.83 Å². The third-order valence-corrected chi connectivity index (χ3v) is 6.07. The lowest BCUT2D eigenvalue weighted by Gasteiger charge is -2.20. The first-order valence-corrected chi connectivity index (χ1v) is 10.8. The van der Waals surface area contributed by atoms with E-state index in [-0.39, 0.29) is 24.4 Å². The standard InChI is InChI=1S/C21H20N6O2S/c28-17(7-11-27-13-22-20-14(21(27)29)8-12-30-20)25-18-19(26-9-3-4-10-26)24-16-6-2-1-5-15(16)23-18/h1-2,5-6,8,12-13H,3-4,7,9-11H2,(H,23,25,28). The number of aryl methyl sites for hydroxylation is 1. The van der Waals surface area contributed by atoms with E-state index < -0.39 is 0 Å². The molecule has 152 valence electrons. The fourth-order valence-electron chi connectivity index (χ4n) is 3.69. The molecule has 1 aromatic carbocycles. The summed E-state index contributed by atoms with van der Waals surface area (Å²) in [5.74, 6) is 0.967. The van der Waals surface area contributed by atoms with Crippen molar-refractivity contribution in [3.8, 4) is 0 Å². The largest absolute Gasteiger partial charge is 0.354 e. The Morgan fingerprint density at radius 3 is 2.67 bits per heavy atom. The second kappa shape index (κ2) is 7.83. The van der Waals surface area contributed by atoms with E-state index >= 15 is 0 Å². The van der Waals surface area contributed by atoms with Gasteiger partial charge in [0, 0.05) is 26.1 Å². The van der Waals surface area contributed by atoms with Crippen LogP contribution in [0.5, 0.6) is 0 Å². The molecule has 5 rings (SSSR count). The molecule has 0 saturated carbocycles. The third-order valence-electron chi connectivity index (χ3n) is 5.25. The Labute approximate surface area is 176 Å². The molecule has 3 aromatic heterocycles. The van der Waals surface area contributed by atoms with E-state index in [4.69, 9.17) is 4.98 Å². The van der Waals surface area contributed by atoms with Crippen molar-refractivity contribution in [2.45, 2.75) is 25.8 Å². The zero-order valence-electron chi connectivity index (χ0n) is 16.2. The molecule has 8 nitrogen and oxygen atoms in total. The topological polar surface area (TPSA) is 93.0 Å². The quantitative estimate of drug-likeness (QED) is 0.533. The number of nitrogens with zero attached hydrogens (tertiary/aromatic N) is 5. The minimum atomic E-state index is -0.211. The zero-order valence-corrected chi connectivity index (χ0v) is 17.1. The predicted molar refractivity (Wildman–Crippen MR) is 118 cm³/mol. The van der Waals surface area contributed by atoms with Gasteiger partial charge in [0.25, 0.3) is 5.56 Å². The van der Waals surface area contributed by atoms with Crippen LogP contribution in [0.1, 0.15) is 19.3 Å². The SMILES string of the molecule is O=C(CCn1cnc2sccc2c1=O)Nc1nc2ccccc2nc1N1CCCC1. The van der Waals surface area contributed by atoms with Crippen LogP contribution in [-0.2, 0) is 11.3 Å². The summed E-state index contributed by atoms with van der Waals surface area (Å²) in [5, 5.41) is 5.34. The maximum absolute atomic E-state index is 12.7. The smallest absolute Gasteiger partial charge is 0.262 e. The number of anilines is 2. The molecule has 0 bridgehead atoms. The number of hydrogen-bond donors (Lipinski definition) is 1. The average molecular weight is 420 g/mol. The van der Waals surface area contributed by atoms with Crippen LogP contribution >= 0.6 is 11.3 Å². The van der Waals surface area contributed by atoms with Crippen LogP contribution in [0.25, 0.3) is 21.3 Å². The van der Waals surface area contributed by atoms with Gasteiger partial charge in [0.2, 0.25) is 5.91 Å². The first-order chi connectivity index (χ1) is 14.7. The minimum absolute atomic E-state index is 0.127. The Morgan fingerprint density at radius 1 is 1.10 bits per heavy atom. The van der Waals surface area contributed by atoms with Crippen LogP contribution in [0.3, 0.4) is 0 Å². The van der Waals surface area contributed by atoms with Gasteiger partial charge >= 0.3 is 0 Å². The van der Waals surface area contributed by atoms with Gasteiger partial charge in [-0.05, 0) is 36.4 Å². The monoisotopic (exact) mass is 420 g/mol. The summed E-state index contributed by atoms with van der Waals surface area (Å²) in [7, 11) is 0. The summed E-state index contributed by atoms with van der Waals surface area (Å²) in [6.07, 6.45) is 3.84. The van der Waals surface area contributed by atoms with E-state index in [1.807, 2.05) is 29.6 Å². The maximum atomic E-state index is 12.7. The maximum Gasteiger partial charge on any atom is 0.262 e. The van der Waals surface area contributed by atoms with E-state index in [1.54, 1.807) is 6.07 Å². The molecule has 1 amide bonds. The van der Waals surface area contributed by atoms with Gasteiger partial charge in [-0.3, -0.25) is 14.2 Å². The van der Waals surface area contributed by atoms with Gasteiger partial charge in [0.05, 0.1) is 22.7 Å². The van der Waals surface area contributed by atoms with E-state index in [1.165, 1.54) is 22.2 Å². The molecule has 0 radical (unpaired) electrons. The van der Waals surface area contributed by atoms with Crippen LogP contribution in [-0.4, -0.2) is 38.5 Å². The molecular weight excluding hydrogens is 400 g/mol. The van der Waals surface area contributed by atoms with Gasteiger partial charge in [-0.1, -0.05) is 12.1 Å². The van der Waals surface area contributed by atoms with Crippen molar-refractivity contribution in [3.05, 3.63) is 52.4 Å². The molecule has 1 aliphatic rings. The van der Waals surface area contributed by atoms with Gasteiger partial charge in [-0.2, -0.15) is 0 Å². The van der Waals surface area contributed by atoms with Crippen LogP contribution in [0.2, 0.25) is 0 Å². The minimum Gasteiger partial charge on any atom is -0.354 e. The highest BCUT2D eigenvalue weighted by atomic mass is 32.1. The van der Waals surface area contributed by atoms with Crippen molar-refractivity contribution in [3.63, 3.8) is 0 Å². The first-order valence-electron chi connectivity index (χ1n) is 9.93. The molecule has 1 saturated heterocycles. The number of nitrogens with one attached hydrogen (secondary N) is 1. The van der Waals surface area contributed by atoms with Crippen molar-refractivity contribution >= 4 is 50.1 Å². The molecule has 1 N–H and O–H groups in total. The number of amides is 1. The van der Waals surface area contributed by atoms with E-state index in [2.05, 4.69) is 20.2 Å². The Kier molecular flexibility index (Phi) is 4.88. The highest BCUT2D eigenvalue weighted by Gasteiger charge is 2.20. The molecule has 1 aliphatic heterocycles. The normalized spacial score (nSPS) is 13.9. The van der Waals surface area contributed by atoms with E-state index in [0.717, 1.165) is 37.0 Å². The van der Waals surface area contributed by atoms with Crippen molar-refractivity contribution in [2.24, 2.45) is 0 Å². The number of thiophene rings is 1. The number of fused-ring (bicyclic) bond motifs is 2. The number of aromatic nitrogens is 4. The molecule has 4 aromatic rings. The number of benzene rings is 1. The highest BCUT2D eigenvalue weighted by Crippen LogP contribution is 2.28. The van der Waals surface area contributed by atoms with E-state index in [9.17, 15) is 9.59 Å². The van der Waals surface area contributed by atoms with Gasteiger partial charge < -0.3 is 10.2 Å². The van der Waals surface area contributed by atoms with Crippen LogP contribution < -0.4 is 15.8 Å². The summed E-state index contributed by atoms with van der Waals surface area (Å²) in [6, 6.07) is 9.40.